The summed E-state index contributed by atoms with van der Waals surface area (Å²) < 4.78 is 0. The SMILES string of the molecule is CCCCCCCCCCCCCCc1cnccc1C(=O)O. The number of carbonyl (C=O) groups is 1. The van der Waals surface area contributed by atoms with Crippen molar-refractivity contribution < 1.29 is 9.90 Å². The fourth-order valence-corrected chi connectivity index (χ4v) is 2.99. The molecular formula is C20H33NO2. The lowest BCUT2D eigenvalue weighted by molar-refractivity contribution is 0.0695. The third kappa shape index (κ3) is 9.37. The van der Waals surface area contributed by atoms with Crippen molar-refractivity contribution in [3.63, 3.8) is 0 Å². The topological polar surface area (TPSA) is 50.2 Å². The van der Waals surface area contributed by atoms with Gasteiger partial charge in [-0.1, -0.05) is 77.6 Å². The van der Waals surface area contributed by atoms with Gasteiger partial charge in [0.15, 0.2) is 0 Å². The molecule has 0 fully saturated rings. The zero-order valence-electron chi connectivity index (χ0n) is 14.7. The van der Waals surface area contributed by atoms with Crippen LogP contribution in [0.1, 0.15) is 99.9 Å². The third-order valence-electron chi connectivity index (χ3n) is 4.43. The van der Waals surface area contributed by atoms with Gasteiger partial charge >= 0.3 is 5.97 Å². The molecule has 1 N–H and O–H groups in total. The van der Waals surface area contributed by atoms with Crippen LogP contribution in [0.15, 0.2) is 18.5 Å². The molecule has 0 aliphatic heterocycles. The number of carboxylic acids is 1. The summed E-state index contributed by atoms with van der Waals surface area (Å²) in [6, 6.07) is 1.60. The second-order valence-electron chi connectivity index (χ2n) is 6.48. The molecule has 0 spiro atoms. The van der Waals surface area contributed by atoms with Crippen molar-refractivity contribution in [3.8, 4) is 0 Å². The van der Waals surface area contributed by atoms with Crippen LogP contribution in [0.25, 0.3) is 0 Å². The Labute approximate surface area is 141 Å². The number of hydrogen-bond donors (Lipinski definition) is 1. The highest BCUT2D eigenvalue weighted by Crippen LogP contribution is 2.14. The maximum Gasteiger partial charge on any atom is 0.336 e. The molecule has 0 aliphatic carbocycles. The number of rotatable bonds is 14. The maximum absolute atomic E-state index is 11.1. The van der Waals surface area contributed by atoms with E-state index in [1.54, 1.807) is 18.5 Å². The summed E-state index contributed by atoms with van der Waals surface area (Å²) in [6.45, 7) is 2.26. The zero-order chi connectivity index (χ0) is 16.8. The van der Waals surface area contributed by atoms with Gasteiger partial charge in [-0.05, 0) is 24.5 Å². The molecule has 1 aromatic rings. The average molecular weight is 319 g/mol. The van der Waals surface area contributed by atoms with Crippen molar-refractivity contribution in [3.05, 3.63) is 29.6 Å². The van der Waals surface area contributed by atoms with Gasteiger partial charge in [0.05, 0.1) is 5.56 Å². The van der Waals surface area contributed by atoms with E-state index >= 15 is 0 Å². The van der Waals surface area contributed by atoms with Crippen LogP contribution >= 0.6 is 0 Å². The monoisotopic (exact) mass is 319 g/mol. The highest BCUT2D eigenvalue weighted by Gasteiger charge is 2.08. The molecule has 1 aromatic heterocycles. The summed E-state index contributed by atoms with van der Waals surface area (Å²) in [6.07, 6.45) is 19.9. The average Bonchev–Trinajstić information content (AvgIpc) is 2.56. The molecule has 0 saturated heterocycles. The Kier molecular flexibility index (Phi) is 11.2. The third-order valence-corrected chi connectivity index (χ3v) is 4.43. The first-order valence-electron chi connectivity index (χ1n) is 9.42. The summed E-state index contributed by atoms with van der Waals surface area (Å²) >= 11 is 0. The summed E-state index contributed by atoms with van der Waals surface area (Å²) in [4.78, 5) is 15.2. The molecule has 3 nitrogen and oxygen atoms in total. The molecule has 0 saturated carbocycles. The van der Waals surface area contributed by atoms with Crippen molar-refractivity contribution in [1.29, 1.82) is 0 Å². The number of carboxylic acid groups (broad SMARTS) is 1. The van der Waals surface area contributed by atoms with E-state index in [4.69, 9.17) is 5.11 Å². The second kappa shape index (κ2) is 13.1. The summed E-state index contributed by atoms with van der Waals surface area (Å²) in [5.74, 6) is -0.846. The predicted molar refractivity (Wildman–Crippen MR) is 96.0 cm³/mol. The first kappa shape index (κ1) is 19.7. The van der Waals surface area contributed by atoms with E-state index in [1.165, 1.54) is 70.6 Å². The van der Waals surface area contributed by atoms with Crippen LogP contribution in [0.4, 0.5) is 0 Å². The van der Waals surface area contributed by atoms with Gasteiger partial charge in [-0.3, -0.25) is 4.98 Å². The first-order valence-corrected chi connectivity index (χ1v) is 9.42. The van der Waals surface area contributed by atoms with E-state index in [1.807, 2.05) is 0 Å². The van der Waals surface area contributed by atoms with Crippen LogP contribution in [-0.4, -0.2) is 16.1 Å². The Morgan fingerprint density at radius 2 is 1.43 bits per heavy atom. The largest absolute Gasteiger partial charge is 0.478 e. The number of pyridine rings is 1. The van der Waals surface area contributed by atoms with Crippen LogP contribution in [0, 0.1) is 0 Å². The minimum absolute atomic E-state index is 0.406. The molecular weight excluding hydrogens is 286 g/mol. The minimum Gasteiger partial charge on any atom is -0.478 e. The zero-order valence-corrected chi connectivity index (χ0v) is 14.7. The van der Waals surface area contributed by atoms with Crippen molar-refractivity contribution in [2.45, 2.75) is 90.4 Å². The van der Waals surface area contributed by atoms with E-state index in [0.29, 0.717) is 5.56 Å². The second-order valence-corrected chi connectivity index (χ2v) is 6.48. The lowest BCUT2D eigenvalue weighted by atomic mass is 10.0. The molecule has 1 rings (SSSR count). The van der Waals surface area contributed by atoms with Crippen LogP contribution in [0.2, 0.25) is 0 Å². The first-order chi connectivity index (χ1) is 11.3. The highest BCUT2D eigenvalue weighted by molar-refractivity contribution is 5.89. The molecule has 0 aliphatic rings. The fourth-order valence-electron chi connectivity index (χ4n) is 2.99. The summed E-state index contributed by atoms with van der Waals surface area (Å²) in [5, 5.41) is 9.13. The summed E-state index contributed by atoms with van der Waals surface area (Å²) in [5.41, 5.74) is 1.27. The number of unbranched alkanes of at least 4 members (excludes halogenated alkanes) is 11. The number of aromatic carboxylic acids is 1. The lowest BCUT2D eigenvalue weighted by Crippen LogP contribution is -2.03. The Balaban J connectivity index is 1.97. The molecule has 23 heavy (non-hydrogen) atoms. The van der Waals surface area contributed by atoms with Crippen LogP contribution in [-0.2, 0) is 6.42 Å². The quantitative estimate of drug-likeness (QED) is 0.426. The Hall–Kier alpha value is -1.38. The van der Waals surface area contributed by atoms with Gasteiger partial charge in [-0.2, -0.15) is 0 Å². The Bertz CT molecular complexity index is 431. The van der Waals surface area contributed by atoms with Crippen molar-refractivity contribution in [2.24, 2.45) is 0 Å². The smallest absolute Gasteiger partial charge is 0.336 e. The fraction of sp³-hybridized carbons (Fsp3) is 0.700. The minimum atomic E-state index is -0.846. The molecule has 0 atom stereocenters. The van der Waals surface area contributed by atoms with Crippen LogP contribution in [0.3, 0.4) is 0 Å². The molecule has 0 amide bonds. The van der Waals surface area contributed by atoms with E-state index < -0.39 is 5.97 Å². The van der Waals surface area contributed by atoms with Crippen molar-refractivity contribution in [2.75, 3.05) is 0 Å². The van der Waals surface area contributed by atoms with Gasteiger partial charge in [0.25, 0.3) is 0 Å². The summed E-state index contributed by atoms with van der Waals surface area (Å²) in [7, 11) is 0. The standard InChI is InChI=1S/C20H33NO2/c1-2-3-4-5-6-7-8-9-10-11-12-13-14-18-17-21-16-15-19(18)20(22)23/h15-17H,2-14H2,1H3,(H,22,23). The highest BCUT2D eigenvalue weighted by atomic mass is 16.4. The molecule has 0 aromatic carbocycles. The number of aryl methyl sites for hydroxylation is 1. The molecule has 0 radical (unpaired) electrons. The Morgan fingerprint density at radius 3 is 1.96 bits per heavy atom. The van der Waals surface area contributed by atoms with E-state index in [0.717, 1.165) is 18.4 Å². The van der Waals surface area contributed by atoms with Gasteiger partial charge in [-0.25, -0.2) is 4.79 Å². The van der Waals surface area contributed by atoms with Gasteiger partial charge < -0.3 is 5.11 Å². The predicted octanol–water partition coefficient (Wildman–Crippen LogP) is 6.02. The number of nitrogens with zero attached hydrogens (tertiary/aromatic N) is 1. The van der Waals surface area contributed by atoms with E-state index in [-0.39, 0.29) is 0 Å². The number of hydrogen-bond acceptors (Lipinski definition) is 2. The Morgan fingerprint density at radius 1 is 0.913 bits per heavy atom. The number of aromatic nitrogens is 1. The van der Waals surface area contributed by atoms with Crippen LogP contribution in [0.5, 0.6) is 0 Å². The van der Waals surface area contributed by atoms with Crippen molar-refractivity contribution >= 4 is 5.97 Å². The van der Waals surface area contributed by atoms with Gasteiger partial charge in [0.1, 0.15) is 0 Å². The van der Waals surface area contributed by atoms with Crippen LogP contribution < -0.4 is 0 Å². The molecule has 3 heteroatoms. The molecule has 130 valence electrons. The normalized spacial score (nSPS) is 10.8. The van der Waals surface area contributed by atoms with Crippen molar-refractivity contribution in [1.82, 2.24) is 4.98 Å². The van der Waals surface area contributed by atoms with Gasteiger partial charge in [0, 0.05) is 12.4 Å². The van der Waals surface area contributed by atoms with Gasteiger partial charge in [-0.15, -0.1) is 0 Å². The molecule has 1 heterocycles. The van der Waals surface area contributed by atoms with Gasteiger partial charge in [0.2, 0.25) is 0 Å². The molecule has 0 bridgehead atoms. The van der Waals surface area contributed by atoms with E-state index in [9.17, 15) is 4.79 Å². The van der Waals surface area contributed by atoms with E-state index in [2.05, 4.69) is 11.9 Å². The maximum atomic E-state index is 11.1. The molecule has 0 unspecified atom stereocenters. The lowest BCUT2D eigenvalue weighted by Gasteiger charge is -2.05.